The molecule has 0 aliphatic heterocycles. The predicted molar refractivity (Wildman–Crippen MR) is 89.4 cm³/mol. The third-order valence-electron chi connectivity index (χ3n) is 4.19. The second kappa shape index (κ2) is 6.55. The standard InChI is InChI=1S/C17H23NO5S/c1-17(2,3)11-4-6-12(7-5-11)24(22,23)9-8-18-15(19)13-10-14(13)16(20)21/h4-7,13-14H,8-10H2,1-3H3,(H,18,19)(H,20,21)/t13-,14-/m1/s1. The minimum atomic E-state index is -3.48. The van der Waals surface area contributed by atoms with Gasteiger partial charge in [0.2, 0.25) is 5.91 Å². The van der Waals surface area contributed by atoms with Crippen molar-refractivity contribution in [3.63, 3.8) is 0 Å². The number of amides is 1. The number of aliphatic carboxylic acids is 1. The molecule has 1 aromatic carbocycles. The summed E-state index contributed by atoms with van der Waals surface area (Å²) < 4.78 is 24.6. The van der Waals surface area contributed by atoms with Crippen molar-refractivity contribution in [2.24, 2.45) is 11.8 Å². The molecule has 1 amide bonds. The van der Waals surface area contributed by atoms with Gasteiger partial charge >= 0.3 is 5.97 Å². The van der Waals surface area contributed by atoms with Crippen LogP contribution in [0.3, 0.4) is 0 Å². The lowest BCUT2D eigenvalue weighted by molar-refractivity contribution is -0.140. The van der Waals surface area contributed by atoms with E-state index in [9.17, 15) is 18.0 Å². The second-order valence-electron chi connectivity index (χ2n) is 7.17. The van der Waals surface area contributed by atoms with Crippen molar-refractivity contribution in [3.05, 3.63) is 29.8 Å². The van der Waals surface area contributed by atoms with Gasteiger partial charge in [-0.3, -0.25) is 9.59 Å². The van der Waals surface area contributed by atoms with Crippen LogP contribution in [0.2, 0.25) is 0 Å². The Bertz CT molecular complexity index is 731. The molecular formula is C17H23NO5S. The van der Waals surface area contributed by atoms with E-state index < -0.39 is 27.6 Å². The fourth-order valence-electron chi connectivity index (χ4n) is 2.48. The fraction of sp³-hybridized carbons (Fsp3) is 0.529. The van der Waals surface area contributed by atoms with Crippen LogP contribution in [0.4, 0.5) is 0 Å². The van der Waals surface area contributed by atoms with Gasteiger partial charge in [0.15, 0.2) is 9.84 Å². The Balaban J connectivity index is 1.90. The number of carbonyl (C=O) groups is 2. The lowest BCUT2D eigenvalue weighted by Crippen LogP contribution is -2.31. The number of rotatable bonds is 6. The van der Waals surface area contributed by atoms with Crippen LogP contribution < -0.4 is 5.32 Å². The van der Waals surface area contributed by atoms with E-state index in [4.69, 9.17) is 5.11 Å². The Kier molecular flexibility index (Phi) is 5.03. The maximum Gasteiger partial charge on any atom is 0.307 e. The summed E-state index contributed by atoms with van der Waals surface area (Å²) in [6.07, 6.45) is 0.322. The van der Waals surface area contributed by atoms with Crippen LogP contribution in [0.15, 0.2) is 29.2 Å². The number of carbonyl (C=O) groups excluding carboxylic acids is 1. The minimum Gasteiger partial charge on any atom is -0.481 e. The van der Waals surface area contributed by atoms with E-state index in [1.165, 1.54) is 0 Å². The number of nitrogens with one attached hydrogen (secondary N) is 1. The third-order valence-corrected chi connectivity index (χ3v) is 5.93. The predicted octanol–water partition coefficient (Wildman–Crippen LogP) is 1.59. The van der Waals surface area contributed by atoms with Crippen molar-refractivity contribution >= 4 is 21.7 Å². The SMILES string of the molecule is CC(C)(C)c1ccc(S(=O)(=O)CCNC(=O)[C@@H]2C[C@H]2C(=O)O)cc1. The van der Waals surface area contributed by atoms with Crippen LogP contribution in [-0.2, 0) is 24.8 Å². The Hall–Kier alpha value is -1.89. The Labute approximate surface area is 142 Å². The van der Waals surface area contributed by atoms with E-state index in [2.05, 4.69) is 5.32 Å². The maximum atomic E-state index is 12.3. The lowest BCUT2D eigenvalue weighted by Gasteiger charge is -2.19. The molecule has 2 N–H and O–H groups in total. The number of carboxylic acid groups (broad SMARTS) is 1. The number of benzene rings is 1. The Morgan fingerprint density at radius 1 is 1.17 bits per heavy atom. The highest BCUT2D eigenvalue weighted by molar-refractivity contribution is 7.91. The highest BCUT2D eigenvalue weighted by Crippen LogP contribution is 2.38. The van der Waals surface area contributed by atoms with Crippen molar-refractivity contribution in [1.82, 2.24) is 5.32 Å². The molecule has 0 spiro atoms. The zero-order valence-corrected chi connectivity index (χ0v) is 14.9. The average molecular weight is 353 g/mol. The van der Waals surface area contributed by atoms with Crippen LogP contribution in [0.1, 0.15) is 32.8 Å². The molecule has 7 heteroatoms. The highest BCUT2D eigenvalue weighted by Gasteiger charge is 2.48. The van der Waals surface area contributed by atoms with E-state index in [1.807, 2.05) is 20.8 Å². The summed E-state index contributed by atoms with van der Waals surface area (Å²) in [7, 11) is -3.48. The smallest absolute Gasteiger partial charge is 0.307 e. The largest absolute Gasteiger partial charge is 0.481 e. The van der Waals surface area contributed by atoms with E-state index >= 15 is 0 Å². The van der Waals surface area contributed by atoms with Gasteiger partial charge in [-0.2, -0.15) is 0 Å². The zero-order chi connectivity index (χ0) is 18.1. The molecule has 0 unspecified atom stereocenters. The number of hydrogen-bond acceptors (Lipinski definition) is 4. The summed E-state index contributed by atoms with van der Waals surface area (Å²) >= 11 is 0. The molecule has 0 bridgehead atoms. The average Bonchev–Trinajstić information content (AvgIpc) is 3.27. The summed E-state index contributed by atoms with van der Waals surface area (Å²) in [6.45, 7) is 6.13. The van der Waals surface area contributed by atoms with Gasteiger partial charge in [-0.1, -0.05) is 32.9 Å². The molecule has 1 fully saturated rings. The fourth-order valence-corrected chi connectivity index (χ4v) is 3.63. The Morgan fingerprint density at radius 3 is 2.21 bits per heavy atom. The topological polar surface area (TPSA) is 101 Å². The third kappa shape index (κ3) is 4.35. The van der Waals surface area contributed by atoms with Gasteiger partial charge in [0.05, 0.1) is 22.5 Å². The van der Waals surface area contributed by atoms with Gasteiger partial charge in [-0.05, 0) is 29.5 Å². The first-order valence-corrected chi connectivity index (χ1v) is 9.51. The molecular weight excluding hydrogens is 330 g/mol. The first-order valence-electron chi connectivity index (χ1n) is 7.86. The molecule has 2 atom stereocenters. The van der Waals surface area contributed by atoms with Crippen LogP contribution in [0.25, 0.3) is 0 Å². The minimum absolute atomic E-state index is 0.0228. The van der Waals surface area contributed by atoms with Crippen molar-refractivity contribution in [3.8, 4) is 0 Å². The van der Waals surface area contributed by atoms with E-state index in [0.717, 1.165) is 5.56 Å². The molecule has 0 aromatic heterocycles. The molecule has 2 rings (SSSR count). The van der Waals surface area contributed by atoms with Gasteiger partial charge in [0, 0.05) is 6.54 Å². The maximum absolute atomic E-state index is 12.3. The lowest BCUT2D eigenvalue weighted by atomic mass is 9.87. The second-order valence-corrected chi connectivity index (χ2v) is 9.28. The number of sulfone groups is 1. The molecule has 0 saturated heterocycles. The number of hydrogen-bond donors (Lipinski definition) is 2. The monoisotopic (exact) mass is 353 g/mol. The van der Waals surface area contributed by atoms with E-state index in [0.29, 0.717) is 6.42 Å². The molecule has 1 saturated carbocycles. The van der Waals surface area contributed by atoms with Gasteiger partial charge in [0.25, 0.3) is 0 Å². The molecule has 0 radical (unpaired) electrons. The first-order chi connectivity index (χ1) is 11.0. The summed E-state index contributed by atoms with van der Waals surface area (Å²) in [4.78, 5) is 22.7. The van der Waals surface area contributed by atoms with E-state index in [-0.39, 0.29) is 28.5 Å². The van der Waals surface area contributed by atoms with Gasteiger partial charge in [-0.15, -0.1) is 0 Å². The van der Waals surface area contributed by atoms with Crippen LogP contribution in [-0.4, -0.2) is 37.7 Å². The quantitative estimate of drug-likeness (QED) is 0.809. The molecule has 6 nitrogen and oxygen atoms in total. The van der Waals surface area contributed by atoms with E-state index in [1.54, 1.807) is 24.3 Å². The summed E-state index contributed by atoms with van der Waals surface area (Å²) in [6, 6.07) is 6.76. The van der Waals surface area contributed by atoms with Gasteiger partial charge < -0.3 is 10.4 Å². The van der Waals surface area contributed by atoms with Gasteiger partial charge in [-0.25, -0.2) is 8.42 Å². The highest BCUT2D eigenvalue weighted by atomic mass is 32.2. The van der Waals surface area contributed by atoms with Crippen LogP contribution in [0.5, 0.6) is 0 Å². The normalized spacial score (nSPS) is 20.5. The van der Waals surface area contributed by atoms with Crippen molar-refractivity contribution in [2.75, 3.05) is 12.3 Å². The van der Waals surface area contributed by atoms with Gasteiger partial charge in [0.1, 0.15) is 0 Å². The summed E-state index contributed by atoms with van der Waals surface area (Å²) in [5, 5.41) is 11.3. The molecule has 0 heterocycles. The number of carboxylic acids is 1. The van der Waals surface area contributed by atoms with Crippen molar-refractivity contribution in [2.45, 2.75) is 37.5 Å². The molecule has 1 aromatic rings. The summed E-state index contributed by atoms with van der Waals surface area (Å²) in [5.74, 6) is -2.75. The summed E-state index contributed by atoms with van der Waals surface area (Å²) in [5.41, 5.74) is 0.990. The zero-order valence-electron chi connectivity index (χ0n) is 14.1. The first kappa shape index (κ1) is 18.4. The molecule has 1 aliphatic carbocycles. The van der Waals surface area contributed by atoms with Crippen LogP contribution >= 0.6 is 0 Å². The molecule has 24 heavy (non-hydrogen) atoms. The molecule has 132 valence electrons. The Morgan fingerprint density at radius 2 is 1.75 bits per heavy atom. The van der Waals surface area contributed by atoms with Crippen molar-refractivity contribution < 1.29 is 23.1 Å². The van der Waals surface area contributed by atoms with Crippen LogP contribution in [0, 0.1) is 11.8 Å². The van der Waals surface area contributed by atoms with Crippen molar-refractivity contribution in [1.29, 1.82) is 0 Å². The molecule has 1 aliphatic rings.